The van der Waals surface area contributed by atoms with Gasteiger partial charge in [-0.3, -0.25) is 9.48 Å². The molecule has 6 nitrogen and oxygen atoms in total. The lowest BCUT2D eigenvalue weighted by Gasteiger charge is -2.29. The molecule has 0 spiro atoms. The van der Waals surface area contributed by atoms with Gasteiger partial charge in [-0.2, -0.15) is 0 Å². The number of ether oxygens (including phenoxy) is 1. The first-order valence-electron chi connectivity index (χ1n) is 11.0. The minimum Gasteiger partial charge on any atom is -0.497 e. The number of nitrogens with zero attached hydrogens (tertiary/aromatic N) is 4. The van der Waals surface area contributed by atoms with Crippen LogP contribution in [0.25, 0.3) is 0 Å². The molecule has 32 heavy (non-hydrogen) atoms. The quantitative estimate of drug-likeness (QED) is 0.464. The van der Waals surface area contributed by atoms with Crippen molar-refractivity contribution in [2.24, 2.45) is 11.8 Å². The molecule has 1 aliphatic heterocycles. The van der Waals surface area contributed by atoms with Gasteiger partial charge in [0.2, 0.25) is 5.91 Å². The van der Waals surface area contributed by atoms with E-state index in [1.807, 2.05) is 58.2 Å². The van der Waals surface area contributed by atoms with Crippen molar-refractivity contribution in [1.82, 2.24) is 15.0 Å². The first kappa shape index (κ1) is 22.3. The van der Waals surface area contributed by atoms with Gasteiger partial charge in [-0.05, 0) is 60.7 Å². The fourth-order valence-corrected chi connectivity index (χ4v) is 4.46. The molecule has 0 N–H and O–H groups in total. The second kappa shape index (κ2) is 9.74. The van der Waals surface area contributed by atoms with Crippen molar-refractivity contribution in [2.45, 2.75) is 45.7 Å². The molecule has 3 aromatic rings. The van der Waals surface area contributed by atoms with Gasteiger partial charge in [0.05, 0.1) is 18.8 Å². The maximum atomic E-state index is 13.2. The van der Waals surface area contributed by atoms with Crippen LogP contribution in [-0.2, 0) is 17.8 Å². The van der Waals surface area contributed by atoms with Gasteiger partial charge in [-0.1, -0.05) is 42.8 Å². The van der Waals surface area contributed by atoms with Crippen molar-refractivity contribution >= 4 is 23.2 Å². The minimum atomic E-state index is -0.137. The molecular weight excluding hydrogens is 424 g/mol. The van der Waals surface area contributed by atoms with Crippen LogP contribution in [0.1, 0.15) is 44.0 Å². The second-order valence-corrected chi connectivity index (χ2v) is 9.23. The number of carbonyl (C=O) groups excluding carboxylic acids is 1. The summed E-state index contributed by atoms with van der Waals surface area (Å²) >= 11 is 6.09. The Bertz CT molecular complexity index is 1060. The molecule has 0 bridgehead atoms. The maximum absolute atomic E-state index is 13.2. The molecule has 0 unspecified atom stereocenters. The van der Waals surface area contributed by atoms with E-state index in [9.17, 15) is 4.79 Å². The van der Waals surface area contributed by atoms with Crippen LogP contribution in [0.15, 0.2) is 54.7 Å². The SMILES string of the molecule is COc1cccc([C@H]2[C@H](Cn3cc(CCC(C)C)nn3)CC(=O)N2c2ccc(Cl)cc2)c1. The largest absolute Gasteiger partial charge is 0.497 e. The summed E-state index contributed by atoms with van der Waals surface area (Å²) in [5.41, 5.74) is 2.87. The molecule has 1 aromatic heterocycles. The lowest BCUT2D eigenvalue weighted by Crippen LogP contribution is -2.29. The van der Waals surface area contributed by atoms with Crippen molar-refractivity contribution in [1.29, 1.82) is 0 Å². The fraction of sp³-hybridized carbons (Fsp3) is 0.400. The van der Waals surface area contributed by atoms with Crippen LogP contribution < -0.4 is 9.64 Å². The summed E-state index contributed by atoms with van der Waals surface area (Å²) in [6, 6.07) is 15.2. The van der Waals surface area contributed by atoms with Crippen LogP contribution in [0.2, 0.25) is 5.02 Å². The van der Waals surface area contributed by atoms with E-state index in [0.717, 1.165) is 35.5 Å². The molecule has 1 fully saturated rings. The van der Waals surface area contributed by atoms with Gasteiger partial charge in [-0.25, -0.2) is 0 Å². The van der Waals surface area contributed by atoms with E-state index in [4.69, 9.17) is 16.3 Å². The highest BCUT2D eigenvalue weighted by molar-refractivity contribution is 6.30. The number of hydrogen-bond acceptors (Lipinski definition) is 4. The third-order valence-electron chi connectivity index (χ3n) is 5.96. The molecule has 1 saturated heterocycles. The molecule has 168 valence electrons. The number of amides is 1. The lowest BCUT2D eigenvalue weighted by molar-refractivity contribution is -0.117. The van der Waals surface area contributed by atoms with Gasteiger partial charge in [0.15, 0.2) is 0 Å². The molecule has 0 aliphatic carbocycles. The highest BCUT2D eigenvalue weighted by Gasteiger charge is 2.42. The summed E-state index contributed by atoms with van der Waals surface area (Å²) < 4.78 is 7.33. The molecule has 7 heteroatoms. The summed E-state index contributed by atoms with van der Waals surface area (Å²) in [4.78, 5) is 15.1. The molecule has 2 heterocycles. The van der Waals surface area contributed by atoms with Crippen molar-refractivity contribution in [3.8, 4) is 5.75 Å². The lowest BCUT2D eigenvalue weighted by atomic mass is 9.93. The average molecular weight is 453 g/mol. The Balaban J connectivity index is 1.64. The van der Waals surface area contributed by atoms with E-state index < -0.39 is 0 Å². The minimum absolute atomic E-state index is 0.0462. The van der Waals surface area contributed by atoms with Crippen molar-refractivity contribution in [2.75, 3.05) is 12.0 Å². The smallest absolute Gasteiger partial charge is 0.228 e. The van der Waals surface area contributed by atoms with E-state index in [0.29, 0.717) is 23.9 Å². The topological polar surface area (TPSA) is 60.2 Å². The number of methoxy groups -OCH3 is 1. The summed E-state index contributed by atoms with van der Waals surface area (Å²) in [5, 5.41) is 9.33. The zero-order valence-corrected chi connectivity index (χ0v) is 19.5. The molecule has 4 rings (SSSR count). The number of aryl methyl sites for hydroxylation is 1. The maximum Gasteiger partial charge on any atom is 0.228 e. The molecule has 1 aliphatic rings. The normalized spacial score (nSPS) is 18.5. The Labute approximate surface area is 194 Å². The van der Waals surface area contributed by atoms with Crippen LogP contribution in [0, 0.1) is 11.8 Å². The Hall–Kier alpha value is -2.86. The van der Waals surface area contributed by atoms with Gasteiger partial charge in [0.25, 0.3) is 0 Å². The van der Waals surface area contributed by atoms with E-state index in [-0.39, 0.29) is 17.9 Å². The zero-order chi connectivity index (χ0) is 22.7. The van der Waals surface area contributed by atoms with Gasteiger partial charge in [0, 0.05) is 35.8 Å². The third kappa shape index (κ3) is 4.96. The highest BCUT2D eigenvalue weighted by Crippen LogP contribution is 2.43. The second-order valence-electron chi connectivity index (χ2n) is 8.79. The van der Waals surface area contributed by atoms with Crippen LogP contribution in [0.5, 0.6) is 5.75 Å². The van der Waals surface area contributed by atoms with Gasteiger partial charge >= 0.3 is 0 Å². The Morgan fingerprint density at radius 2 is 1.97 bits per heavy atom. The van der Waals surface area contributed by atoms with Crippen molar-refractivity contribution in [3.05, 3.63) is 71.0 Å². The average Bonchev–Trinajstić information content (AvgIpc) is 3.36. The predicted octanol–water partition coefficient (Wildman–Crippen LogP) is 5.32. The Morgan fingerprint density at radius 3 is 2.69 bits per heavy atom. The number of hydrogen-bond donors (Lipinski definition) is 0. The summed E-state index contributed by atoms with van der Waals surface area (Å²) in [6.07, 6.45) is 4.45. The summed E-state index contributed by atoms with van der Waals surface area (Å²) in [5.74, 6) is 1.53. The number of benzene rings is 2. The van der Waals surface area contributed by atoms with Gasteiger partial charge in [0.1, 0.15) is 5.75 Å². The van der Waals surface area contributed by atoms with E-state index in [1.54, 1.807) is 7.11 Å². The van der Waals surface area contributed by atoms with E-state index in [2.05, 4.69) is 30.2 Å². The summed E-state index contributed by atoms with van der Waals surface area (Å²) in [6.45, 7) is 5.03. The molecule has 0 radical (unpaired) electrons. The van der Waals surface area contributed by atoms with Gasteiger partial charge < -0.3 is 9.64 Å². The van der Waals surface area contributed by atoms with E-state index in [1.165, 1.54) is 0 Å². The molecule has 2 aromatic carbocycles. The van der Waals surface area contributed by atoms with Crippen LogP contribution in [0.4, 0.5) is 5.69 Å². The number of halogens is 1. The standard InChI is InChI=1S/C25H29ClN4O2/c1-17(2)7-10-21-16-29(28-27-21)15-19-14-24(31)30(22-11-8-20(26)9-12-22)25(19)18-5-4-6-23(13-18)32-3/h4-6,8-9,11-13,16-17,19,25H,7,10,14-15H2,1-3H3/t19-,25-/m0/s1. The summed E-state index contributed by atoms with van der Waals surface area (Å²) in [7, 11) is 1.65. The van der Waals surface area contributed by atoms with Crippen LogP contribution in [-0.4, -0.2) is 28.0 Å². The molecule has 2 atom stereocenters. The highest BCUT2D eigenvalue weighted by atomic mass is 35.5. The third-order valence-corrected chi connectivity index (χ3v) is 6.21. The van der Waals surface area contributed by atoms with Crippen molar-refractivity contribution < 1.29 is 9.53 Å². The fourth-order valence-electron chi connectivity index (χ4n) is 4.34. The Morgan fingerprint density at radius 1 is 1.19 bits per heavy atom. The van der Waals surface area contributed by atoms with E-state index >= 15 is 0 Å². The number of aromatic nitrogens is 3. The zero-order valence-electron chi connectivity index (χ0n) is 18.7. The first-order chi connectivity index (χ1) is 15.4. The molecule has 1 amide bonds. The van der Waals surface area contributed by atoms with Crippen molar-refractivity contribution in [3.63, 3.8) is 0 Å². The predicted molar refractivity (Wildman–Crippen MR) is 126 cm³/mol. The first-order valence-corrected chi connectivity index (χ1v) is 11.4. The monoisotopic (exact) mass is 452 g/mol. The molecule has 0 saturated carbocycles. The number of anilines is 1. The van der Waals surface area contributed by atoms with Crippen LogP contribution >= 0.6 is 11.6 Å². The number of rotatable bonds is 8. The Kier molecular flexibility index (Phi) is 6.80. The number of carbonyl (C=O) groups is 1. The van der Waals surface area contributed by atoms with Crippen LogP contribution in [0.3, 0.4) is 0 Å². The molecular formula is C25H29ClN4O2. The van der Waals surface area contributed by atoms with Gasteiger partial charge in [-0.15, -0.1) is 5.10 Å².